The number of carbonyl (C=O) groups excluding carboxylic acids is 1. The van der Waals surface area contributed by atoms with E-state index in [9.17, 15) is 9.90 Å². The molecule has 0 spiro atoms. The second kappa shape index (κ2) is 6.83. The zero-order valence-electron chi connectivity index (χ0n) is 16.1. The molecule has 0 radical (unpaired) electrons. The summed E-state index contributed by atoms with van der Waals surface area (Å²) in [5, 5.41) is 10.9. The third-order valence-corrected chi connectivity index (χ3v) is 9.77. The lowest BCUT2D eigenvalue weighted by molar-refractivity contribution is -0.245. The Hall–Kier alpha value is -1.21. The van der Waals surface area contributed by atoms with Crippen LogP contribution in [0.3, 0.4) is 0 Å². The summed E-state index contributed by atoms with van der Waals surface area (Å²) in [6, 6.07) is 3.67. The quantitative estimate of drug-likeness (QED) is 0.775. The number of ketones is 1. The van der Waals surface area contributed by atoms with Crippen molar-refractivity contribution in [3.05, 3.63) is 36.3 Å². The smallest absolute Gasteiger partial charge is 0.209 e. The summed E-state index contributed by atoms with van der Waals surface area (Å²) in [7, 11) is -2.04. The van der Waals surface area contributed by atoms with Gasteiger partial charge in [-0.3, -0.25) is 4.79 Å². The Morgan fingerprint density at radius 2 is 2.00 bits per heavy atom. The largest absolute Gasteiger partial charge is 0.469 e. The molecule has 1 aromatic heterocycles. The second-order valence-corrected chi connectivity index (χ2v) is 13.3. The third kappa shape index (κ3) is 4.70. The number of aryl methyl sites for hydroxylation is 1. The maximum absolute atomic E-state index is 12.3. The minimum atomic E-state index is -2.04. The molecule has 1 aliphatic heterocycles. The monoisotopic (exact) mass is 366 g/mol. The molecular formula is C19H30O5Si. The highest BCUT2D eigenvalue weighted by Gasteiger charge is 2.46. The maximum atomic E-state index is 12.3. The molecule has 0 aliphatic carbocycles. The van der Waals surface area contributed by atoms with E-state index in [1.807, 2.05) is 12.1 Å². The van der Waals surface area contributed by atoms with Crippen LogP contribution in [0.4, 0.5) is 0 Å². The molecule has 2 rings (SSSR count). The number of aliphatic hydroxyl groups is 1. The van der Waals surface area contributed by atoms with E-state index in [2.05, 4.69) is 33.9 Å². The van der Waals surface area contributed by atoms with Crippen LogP contribution in [-0.4, -0.2) is 37.2 Å². The van der Waals surface area contributed by atoms with Crippen molar-refractivity contribution >= 4 is 14.1 Å². The molecule has 2 heterocycles. The average Bonchev–Trinajstić information content (AvgIpc) is 3.00. The van der Waals surface area contributed by atoms with Gasteiger partial charge < -0.3 is 18.7 Å². The van der Waals surface area contributed by atoms with Gasteiger partial charge in [0.1, 0.15) is 11.4 Å². The van der Waals surface area contributed by atoms with Crippen molar-refractivity contribution < 1.29 is 23.5 Å². The summed E-state index contributed by atoms with van der Waals surface area (Å²) >= 11 is 0. The van der Waals surface area contributed by atoms with Crippen LogP contribution < -0.4 is 0 Å². The van der Waals surface area contributed by atoms with Crippen LogP contribution in [0.1, 0.15) is 39.9 Å². The van der Waals surface area contributed by atoms with E-state index in [0.717, 1.165) is 5.76 Å². The summed E-state index contributed by atoms with van der Waals surface area (Å²) in [5.41, 5.74) is -1.10. The Bertz CT molecular complexity index is 629. The van der Waals surface area contributed by atoms with Crippen LogP contribution in [0.25, 0.3) is 0 Å². The minimum absolute atomic E-state index is 0.0175. The van der Waals surface area contributed by atoms with Gasteiger partial charge in [0.25, 0.3) is 0 Å². The molecule has 0 aromatic carbocycles. The molecule has 25 heavy (non-hydrogen) atoms. The fraction of sp³-hybridized carbons (Fsp3) is 0.632. The van der Waals surface area contributed by atoms with Crippen molar-refractivity contribution in [3.8, 4) is 0 Å². The van der Waals surface area contributed by atoms with E-state index in [1.54, 1.807) is 13.2 Å². The molecule has 1 aliphatic rings. The van der Waals surface area contributed by atoms with E-state index >= 15 is 0 Å². The summed E-state index contributed by atoms with van der Waals surface area (Å²) in [4.78, 5) is 12.3. The van der Waals surface area contributed by atoms with Gasteiger partial charge in [0.2, 0.25) is 5.79 Å². The van der Waals surface area contributed by atoms with E-state index in [0.29, 0.717) is 12.8 Å². The van der Waals surface area contributed by atoms with Crippen LogP contribution in [0, 0.1) is 0 Å². The van der Waals surface area contributed by atoms with Gasteiger partial charge in [-0.1, -0.05) is 20.8 Å². The normalized spacial score (nSPS) is 27.7. The first-order valence-corrected chi connectivity index (χ1v) is 11.6. The highest BCUT2D eigenvalue weighted by Crippen LogP contribution is 2.38. The van der Waals surface area contributed by atoms with Gasteiger partial charge in [-0.2, -0.15) is 0 Å². The highest BCUT2D eigenvalue weighted by atomic mass is 28.4. The van der Waals surface area contributed by atoms with E-state index in [-0.39, 0.29) is 17.4 Å². The van der Waals surface area contributed by atoms with E-state index in [4.69, 9.17) is 13.6 Å². The fourth-order valence-electron chi connectivity index (χ4n) is 2.43. The summed E-state index contributed by atoms with van der Waals surface area (Å²) < 4.78 is 17.3. The molecule has 1 aromatic rings. The summed E-state index contributed by atoms with van der Waals surface area (Å²) in [6.45, 7) is 12.4. The van der Waals surface area contributed by atoms with E-state index < -0.39 is 19.7 Å². The molecule has 0 fully saturated rings. The number of carbonyl (C=O) groups is 1. The van der Waals surface area contributed by atoms with Gasteiger partial charge in [-0.05, 0) is 55.8 Å². The summed E-state index contributed by atoms with van der Waals surface area (Å²) in [5.74, 6) is -0.967. The van der Waals surface area contributed by atoms with Crippen molar-refractivity contribution in [1.82, 2.24) is 0 Å². The van der Waals surface area contributed by atoms with Gasteiger partial charge in [0.05, 0.1) is 12.9 Å². The van der Waals surface area contributed by atoms with Crippen LogP contribution in [-0.2, 0) is 20.4 Å². The first-order chi connectivity index (χ1) is 11.4. The minimum Gasteiger partial charge on any atom is -0.469 e. The Balaban J connectivity index is 2.06. The van der Waals surface area contributed by atoms with Crippen molar-refractivity contribution in [2.75, 3.05) is 6.61 Å². The van der Waals surface area contributed by atoms with Gasteiger partial charge in [-0.25, -0.2) is 0 Å². The molecule has 0 bridgehead atoms. The molecule has 5 nitrogen and oxygen atoms in total. The van der Waals surface area contributed by atoms with Crippen molar-refractivity contribution in [3.63, 3.8) is 0 Å². The average molecular weight is 367 g/mol. The van der Waals surface area contributed by atoms with Gasteiger partial charge in [0, 0.05) is 6.42 Å². The zero-order chi connectivity index (χ0) is 18.9. The van der Waals surface area contributed by atoms with Crippen molar-refractivity contribution in [1.29, 1.82) is 0 Å². The first-order valence-electron chi connectivity index (χ1n) is 8.70. The van der Waals surface area contributed by atoms with E-state index in [1.165, 1.54) is 12.2 Å². The maximum Gasteiger partial charge on any atom is 0.209 e. The van der Waals surface area contributed by atoms with Crippen molar-refractivity contribution in [2.24, 2.45) is 0 Å². The molecule has 0 saturated carbocycles. The molecule has 0 saturated heterocycles. The predicted molar refractivity (Wildman–Crippen MR) is 98.8 cm³/mol. The number of hydrogen-bond acceptors (Lipinski definition) is 5. The third-order valence-electron chi connectivity index (χ3n) is 5.29. The van der Waals surface area contributed by atoms with Crippen molar-refractivity contribution in [2.45, 2.75) is 70.1 Å². The van der Waals surface area contributed by atoms with Gasteiger partial charge >= 0.3 is 0 Å². The van der Waals surface area contributed by atoms with Gasteiger partial charge in [0.15, 0.2) is 14.1 Å². The molecular weight excluding hydrogens is 336 g/mol. The molecule has 6 heteroatoms. The lowest BCUT2D eigenvalue weighted by Crippen LogP contribution is -2.54. The highest BCUT2D eigenvalue weighted by molar-refractivity contribution is 6.74. The lowest BCUT2D eigenvalue weighted by atomic mass is 9.90. The molecule has 140 valence electrons. The van der Waals surface area contributed by atoms with Crippen LogP contribution in [0.5, 0.6) is 0 Å². The zero-order valence-corrected chi connectivity index (χ0v) is 17.1. The number of hydrogen-bond donors (Lipinski definition) is 1. The Kier molecular flexibility index (Phi) is 5.49. The number of furan rings is 1. The van der Waals surface area contributed by atoms with Crippen LogP contribution in [0.2, 0.25) is 18.1 Å². The van der Waals surface area contributed by atoms with Gasteiger partial charge in [-0.15, -0.1) is 0 Å². The lowest BCUT2D eigenvalue weighted by Gasteiger charge is -2.42. The molecule has 0 amide bonds. The topological polar surface area (TPSA) is 68.9 Å². The van der Waals surface area contributed by atoms with Crippen LogP contribution in [0.15, 0.2) is 35.0 Å². The standard InChI is InChI=1S/C19H30O5Si/c1-17(2,3)25(5,6)23-14-19(21)12-10-16(20)18(4,24-19)11-9-15-8-7-13-22-15/h7-8,10,12-13,21H,9,11,14H2,1-6H3. The Labute approximate surface area is 151 Å². The molecule has 2 unspecified atom stereocenters. The first kappa shape index (κ1) is 20.1. The Morgan fingerprint density at radius 3 is 2.56 bits per heavy atom. The predicted octanol–water partition coefficient (Wildman–Crippen LogP) is 3.84. The fourth-order valence-corrected chi connectivity index (χ4v) is 3.43. The number of ether oxygens (including phenoxy) is 1. The molecule has 1 N–H and O–H groups in total. The summed E-state index contributed by atoms with van der Waals surface area (Å²) in [6.07, 6.45) is 5.39. The molecule has 2 atom stereocenters. The van der Waals surface area contributed by atoms with Crippen LogP contribution >= 0.6 is 0 Å². The second-order valence-electron chi connectivity index (χ2n) is 8.50. The SMILES string of the molecule is CC1(CCc2ccco2)OC(O)(CO[Si](C)(C)C(C)(C)C)C=CC1=O. The number of rotatable bonds is 6. The Morgan fingerprint density at radius 1 is 1.32 bits per heavy atom.